The van der Waals surface area contributed by atoms with Gasteiger partial charge in [-0.05, 0) is 32.6 Å². The van der Waals surface area contributed by atoms with Crippen molar-refractivity contribution in [2.45, 2.75) is 52.0 Å². The van der Waals surface area contributed by atoms with E-state index in [0.29, 0.717) is 12.5 Å². The Morgan fingerprint density at radius 3 is 3.12 bits per heavy atom. The summed E-state index contributed by atoms with van der Waals surface area (Å²) in [7, 11) is 0. The van der Waals surface area contributed by atoms with Gasteiger partial charge in [-0.15, -0.1) is 0 Å². The summed E-state index contributed by atoms with van der Waals surface area (Å²) < 4.78 is 7.78. The molecule has 3 heterocycles. The third-order valence-electron chi connectivity index (χ3n) is 4.98. The van der Waals surface area contributed by atoms with Gasteiger partial charge < -0.3 is 19.5 Å². The molecule has 2 aliphatic rings. The Bertz CT molecular complexity index is 520. The minimum Gasteiger partial charge on any atom is -0.381 e. The number of fused-ring (bicyclic) bond motifs is 1. The Morgan fingerprint density at radius 2 is 2.29 bits per heavy atom. The van der Waals surface area contributed by atoms with Crippen LogP contribution in [0, 0.1) is 5.92 Å². The average Bonchev–Trinajstić information content (AvgIpc) is 3.03. The predicted molar refractivity (Wildman–Crippen MR) is 93.1 cm³/mol. The number of piperidine rings is 1. The summed E-state index contributed by atoms with van der Waals surface area (Å²) in [5.74, 6) is 1.68. The summed E-state index contributed by atoms with van der Waals surface area (Å²) in [6.07, 6.45) is 8.76. The number of carbonyl (C=O) groups excluding carboxylic acids is 1. The number of carbonyl (C=O) groups is 1. The van der Waals surface area contributed by atoms with Gasteiger partial charge in [0, 0.05) is 57.7 Å². The Morgan fingerprint density at radius 1 is 1.38 bits per heavy atom. The molecule has 1 aromatic heterocycles. The van der Waals surface area contributed by atoms with Crippen LogP contribution in [0.15, 0.2) is 6.20 Å². The zero-order valence-electron chi connectivity index (χ0n) is 14.8. The number of ether oxygens (including phenoxy) is 1. The predicted octanol–water partition coefficient (Wildman–Crippen LogP) is 2.22. The van der Waals surface area contributed by atoms with E-state index in [2.05, 4.69) is 21.1 Å². The van der Waals surface area contributed by atoms with E-state index in [1.54, 1.807) is 0 Å². The van der Waals surface area contributed by atoms with Gasteiger partial charge in [-0.25, -0.2) is 9.78 Å². The minimum absolute atomic E-state index is 0.0557. The van der Waals surface area contributed by atoms with Crippen LogP contribution in [0.5, 0.6) is 0 Å². The number of hydrogen-bond acceptors (Lipinski definition) is 3. The smallest absolute Gasteiger partial charge is 0.317 e. The van der Waals surface area contributed by atoms with Crippen molar-refractivity contribution in [3.8, 4) is 0 Å². The lowest BCUT2D eigenvalue weighted by atomic mass is 9.99. The number of likely N-dealkylation sites (tertiary alicyclic amines) is 1. The van der Waals surface area contributed by atoms with Crippen LogP contribution in [0.1, 0.15) is 44.1 Å². The maximum absolute atomic E-state index is 12.4. The molecule has 134 valence electrons. The number of aromatic nitrogens is 2. The Labute approximate surface area is 144 Å². The summed E-state index contributed by atoms with van der Waals surface area (Å²) >= 11 is 0. The molecule has 1 N–H and O–H groups in total. The summed E-state index contributed by atoms with van der Waals surface area (Å²) in [4.78, 5) is 19.0. The lowest BCUT2D eigenvalue weighted by Gasteiger charge is -2.32. The molecule has 2 aliphatic heterocycles. The summed E-state index contributed by atoms with van der Waals surface area (Å²) in [6, 6.07) is 0.0557. The summed E-state index contributed by atoms with van der Waals surface area (Å²) in [5, 5.41) is 3.05. The number of hydrogen-bond donors (Lipinski definition) is 1. The first-order valence-corrected chi connectivity index (χ1v) is 9.41. The largest absolute Gasteiger partial charge is 0.381 e. The Balaban J connectivity index is 1.41. The van der Waals surface area contributed by atoms with Crippen LogP contribution in [0.4, 0.5) is 4.79 Å². The van der Waals surface area contributed by atoms with Gasteiger partial charge in [0.25, 0.3) is 0 Å². The molecule has 0 bridgehead atoms. The second-order valence-electron chi connectivity index (χ2n) is 6.89. The molecule has 1 fully saturated rings. The van der Waals surface area contributed by atoms with Gasteiger partial charge in [-0.3, -0.25) is 0 Å². The van der Waals surface area contributed by atoms with Gasteiger partial charge in [-0.1, -0.05) is 0 Å². The van der Waals surface area contributed by atoms with Gasteiger partial charge in [0.1, 0.15) is 5.82 Å². The van der Waals surface area contributed by atoms with E-state index >= 15 is 0 Å². The van der Waals surface area contributed by atoms with Crippen LogP contribution in [-0.2, 0) is 24.1 Å². The third-order valence-corrected chi connectivity index (χ3v) is 4.98. The van der Waals surface area contributed by atoms with Crippen molar-refractivity contribution in [3.63, 3.8) is 0 Å². The van der Waals surface area contributed by atoms with Crippen molar-refractivity contribution in [2.75, 3.05) is 32.8 Å². The van der Waals surface area contributed by atoms with Crippen molar-refractivity contribution in [1.82, 2.24) is 19.8 Å². The van der Waals surface area contributed by atoms with Crippen molar-refractivity contribution in [3.05, 3.63) is 17.7 Å². The van der Waals surface area contributed by atoms with E-state index < -0.39 is 0 Å². The molecule has 3 rings (SSSR count). The zero-order chi connectivity index (χ0) is 16.8. The summed E-state index contributed by atoms with van der Waals surface area (Å²) in [5.41, 5.74) is 1.10. The van der Waals surface area contributed by atoms with E-state index in [0.717, 1.165) is 64.2 Å². The molecular weight excluding hydrogens is 304 g/mol. The van der Waals surface area contributed by atoms with Gasteiger partial charge >= 0.3 is 6.03 Å². The van der Waals surface area contributed by atoms with Crippen molar-refractivity contribution in [2.24, 2.45) is 5.92 Å². The van der Waals surface area contributed by atoms with Gasteiger partial charge in [0.15, 0.2) is 0 Å². The number of nitrogens with zero attached hydrogens (tertiary/aromatic N) is 3. The Hall–Kier alpha value is -1.56. The lowest BCUT2D eigenvalue weighted by molar-refractivity contribution is 0.0757. The van der Waals surface area contributed by atoms with Crippen LogP contribution in [0.25, 0.3) is 0 Å². The quantitative estimate of drug-likeness (QED) is 0.868. The molecule has 1 atom stereocenters. The van der Waals surface area contributed by atoms with Crippen LogP contribution >= 0.6 is 0 Å². The fraction of sp³-hybridized carbons (Fsp3) is 0.778. The van der Waals surface area contributed by atoms with E-state index in [9.17, 15) is 4.79 Å². The lowest BCUT2D eigenvalue weighted by Crippen LogP contribution is -2.46. The molecule has 1 saturated heterocycles. The molecule has 0 aliphatic carbocycles. The first-order chi connectivity index (χ1) is 11.8. The molecule has 24 heavy (non-hydrogen) atoms. The normalized spacial score (nSPS) is 20.7. The van der Waals surface area contributed by atoms with Crippen LogP contribution in [0.3, 0.4) is 0 Å². The first kappa shape index (κ1) is 17.3. The molecule has 0 radical (unpaired) electrons. The molecule has 0 aromatic carbocycles. The van der Waals surface area contributed by atoms with Gasteiger partial charge in [-0.2, -0.15) is 0 Å². The molecule has 0 unspecified atom stereocenters. The van der Waals surface area contributed by atoms with E-state index in [1.807, 2.05) is 11.8 Å². The highest BCUT2D eigenvalue weighted by Crippen LogP contribution is 2.17. The number of imidazole rings is 1. The van der Waals surface area contributed by atoms with Crippen molar-refractivity contribution in [1.29, 1.82) is 0 Å². The van der Waals surface area contributed by atoms with Gasteiger partial charge in [0.05, 0.1) is 12.3 Å². The highest BCUT2D eigenvalue weighted by Gasteiger charge is 2.23. The molecule has 0 spiro atoms. The van der Waals surface area contributed by atoms with Crippen LogP contribution in [0.2, 0.25) is 0 Å². The van der Waals surface area contributed by atoms with Gasteiger partial charge in [0.2, 0.25) is 0 Å². The van der Waals surface area contributed by atoms with Crippen LogP contribution < -0.4 is 5.32 Å². The first-order valence-electron chi connectivity index (χ1n) is 9.41. The summed E-state index contributed by atoms with van der Waals surface area (Å²) in [6.45, 7) is 6.93. The molecule has 0 saturated carbocycles. The number of nitrogens with one attached hydrogen (secondary N) is 1. The molecular formula is C18H30N4O2. The molecule has 6 heteroatoms. The number of rotatable bonds is 6. The SMILES string of the molecule is CCOC[C@H]1CCCN(C(=O)NCCc2cn3c(n2)CCCC3)C1. The van der Waals surface area contributed by atoms with Crippen LogP contribution in [-0.4, -0.2) is 53.3 Å². The fourth-order valence-corrected chi connectivity index (χ4v) is 3.67. The maximum Gasteiger partial charge on any atom is 0.317 e. The molecule has 6 nitrogen and oxygen atoms in total. The molecule has 1 aromatic rings. The topological polar surface area (TPSA) is 59.4 Å². The minimum atomic E-state index is 0.0557. The third kappa shape index (κ3) is 4.50. The second-order valence-corrected chi connectivity index (χ2v) is 6.89. The van der Waals surface area contributed by atoms with Crippen molar-refractivity contribution >= 4 is 6.03 Å². The van der Waals surface area contributed by atoms with E-state index in [4.69, 9.17) is 4.74 Å². The monoisotopic (exact) mass is 334 g/mol. The number of amides is 2. The second kappa shape index (κ2) is 8.51. The van der Waals surface area contributed by atoms with E-state index in [1.165, 1.54) is 18.7 Å². The highest BCUT2D eigenvalue weighted by molar-refractivity contribution is 5.74. The maximum atomic E-state index is 12.4. The average molecular weight is 334 g/mol. The standard InChI is InChI=1S/C18H30N4O2/c1-2-24-14-15-6-5-11-22(12-15)18(23)19-9-8-16-13-21-10-4-3-7-17(21)20-16/h13,15H,2-12,14H2,1H3,(H,19,23)/t15-/m0/s1. The zero-order valence-corrected chi connectivity index (χ0v) is 14.8. The van der Waals surface area contributed by atoms with Crippen molar-refractivity contribution < 1.29 is 9.53 Å². The highest BCUT2D eigenvalue weighted by atomic mass is 16.5. The van der Waals surface area contributed by atoms with E-state index in [-0.39, 0.29) is 6.03 Å². The molecule has 2 amide bonds. The number of aryl methyl sites for hydroxylation is 2. The Kier molecular flexibility index (Phi) is 6.12. The number of urea groups is 1. The fourth-order valence-electron chi connectivity index (χ4n) is 3.67.